The molecular formula is C24H23NO5S. The fourth-order valence-corrected chi connectivity index (χ4v) is 5.09. The molecule has 4 rings (SSSR count). The highest BCUT2D eigenvalue weighted by Crippen LogP contribution is 2.50. The zero-order valence-corrected chi connectivity index (χ0v) is 18.3. The van der Waals surface area contributed by atoms with E-state index in [9.17, 15) is 14.7 Å². The molecule has 1 aliphatic heterocycles. The first-order valence-electron chi connectivity index (χ1n) is 9.98. The van der Waals surface area contributed by atoms with Crippen LogP contribution in [0.5, 0.6) is 11.5 Å². The number of amides is 1. The number of aromatic carboxylic acids is 1. The molecule has 2 heterocycles. The summed E-state index contributed by atoms with van der Waals surface area (Å²) in [5, 5.41) is 12.8. The minimum atomic E-state index is -1.01. The zero-order chi connectivity index (χ0) is 22.1. The number of methoxy groups -OCH3 is 1. The predicted molar refractivity (Wildman–Crippen MR) is 121 cm³/mol. The average molecular weight is 438 g/mol. The summed E-state index contributed by atoms with van der Waals surface area (Å²) in [5.74, 6) is -0.220. The maximum absolute atomic E-state index is 12.6. The van der Waals surface area contributed by atoms with Gasteiger partial charge < -0.3 is 19.9 Å². The Bertz CT molecular complexity index is 1140. The number of hydrogen-bond donors (Lipinski definition) is 2. The maximum atomic E-state index is 12.6. The number of thiophene rings is 1. The van der Waals surface area contributed by atoms with Gasteiger partial charge in [-0.2, -0.15) is 0 Å². The molecule has 2 N–H and O–H groups in total. The van der Waals surface area contributed by atoms with Crippen molar-refractivity contribution in [2.45, 2.75) is 32.3 Å². The number of anilines is 1. The number of ether oxygens (including phenoxy) is 2. The highest BCUT2D eigenvalue weighted by molar-refractivity contribution is 7.15. The number of carboxylic acid groups (broad SMARTS) is 1. The Hall–Kier alpha value is -3.32. The number of carbonyl (C=O) groups excluding carboxylic acids is 1. The van der Waals surface area contributed by atoms with Crippen LogP contribution >= 0.6 is 11.3 Å². The lowest BCUT2D eigenvalue weighted by Crippen LogP contribution is -2.22. The highest BCUT2D eigenvalue weighted by atomic mass is 32.1. The average Bonchev–Trinajstić information content (AvgIpc) is 3.13. The molecule has 1 unspecified atom stereocenters. The van der Waals surface area contributed by atoms with Crippen LogP contribution in [0.2, 0.25) is 0 Å². The van der Waals surface area contributed by atoms with Crippen molar-refractivity contribution in [3.8, 4) is 22.6 Å². The molecule has 160 valence electrons. The monoisotopic (exact) mass is 437 g/mol. The number of carbonyl (C=O) groups is 2. The van der Waals surface area contributed by atoms with E-state index in [-0.39, 0.29) is 29.2 Å². The van der Waals surface area contributed by atoms with Gasteiger partial charge in [-0.15, -0.1) is 11.3 Å². The largest absolute Gasteiger partial charge is 0.493 e. The van der Waals surface area contributed by atoms with Gasteiger partial charge in [0.25, 0.3) is 0 Å². The lowest BCUT2D eigenvalue weighted by Gasteiger charge is -2.25. The van der Waals surface area contributed by atoms with Crippen molar-refractivity contribution >= 4 is 28.9 Å². The third-order valence-electron chi connectivity index (χ3n) is 5.12. The van der Waals surface area contributed by atoms with Crippen molar-refractivity contribution in [1.82, 2.24) is 0 Å². The van der Waals surface area contributed by atoms with Crippen molar-refractivity contribution in [2.75, 3.05) is 12.4 Å². The number of hydrogen-bond acceptors (Lipinski definition) is 5. The number of fused-ring (bicyclic) bond motifs is 1. The van der Waals surface area contributed by atoms with Crippen molar-refractivity contribution in [3.05, 3.63) is 63.8 Å². The first kappa shape index (κ1) is 20.9. The van der Waals surface area contributed by atoms with Gasteiger partial charge >= 0.3 is 5.97 Å². The van der Waals surface area contributed by atoms with Crippen molar-refractivity contribution in [3.63, 3.8) is 0 Å². The molecule has 0 radical (unpaired) electrons. The van der Waals surface area contributed by atoms with Crippen LogP contribution in [0.3, 0.4) is 0 Å². The molecule has 0 aliphatic carbocycles. The minimum Gasteiger partial charge on any atom is -0.493 e. The molecular weight excluding hydrogens is 414 g/mol. The summed E-state index contributed by atoms with van der Waals surface area (Å²) < 4.78 is 11.3. The molecule has 2 aromatic carbocycles. The second kappa shape index (κ2) is 8.43. The minimum absolute atomic E-state index is 0.00402. The van der Waals surface area contributed by atoms with Crippen molar-refractivity contribution in [2.24, 2.45) is 0 Å². The van der Waals surface area contributed by atoms with E-state index in [0.29, 0.717) is 22.7 Å². The molecule has 6 nitrogen and oxygen atoms in total. The zero-order valence-electron chi connectivity index (χ0n) is 17.5. The summed E-state index contributed by atoms with van der Waals surface area (Å²) in [6.45, 7) is 3.88. The smallest absolute Gasteiger partial charge is 0.346 e. The number of carboxylic acids is 1. The van der Waals surface area contributed by atoms with Gasteiger partial charge in [0.2, 0.25) is 5.91 Å². The van der Waals surface area contributed by atoms with E-state index in [4.69, 9.17) is 9.47 Å². The molecule has 0 fully saturated rings. The third-order valence-corrected chi connectivity index (χ3v) is 6.41. The molecule has 31 heavy (non-hydrogen) atoms. The Morgan fingerprint density at radius 1 is 1.16 bits per heavy atom. The van der Waals surface area contributed by atoms with Gasteiger partial charge in [0.1, 0.15) is 4.88 Å². The van der Waals surface area contributed by atoms with E-state index in [1.165, 1.54) is 11.3 Å². The van der Waals surface area contributed by atoms with Gasteiger partial charge in [0.05, 0.1) is 18.9 Å². The van der Waals surface area contributed by atoms with Crippen LogP contribution in [0, 0.1) is 0 Å². The molecule has 1 amide bonds. The molecule has 7 heteroatoms. The molecule has 1 aliphatic rings. The lowest BCUT2D eigenvalue weighted by atomic mass is 9.88. The predicted octanol–water partition coefficient (Wildman–Crippen LogP) is 5.38. The van der Waals surface area contributed by atoms with E-state index in [1.807, 2.05) is 62.4 Å². The summed E-state index contributed by atoms with van der Waals surface area (Å²) in [6, 6.07) is 14.9. The fraction of sp³-hybridized carbons (Fsp3) is 0.250. The van der Waals surface area contributed by atoms with Crippen molar-refractivity contribution < 1.29 is 24.2 Å². The Morgan fingerprint density at radius 2 is 1.90 bits per heavy atom. The van der Waals surface area contributed by atoms with Gasteiger partial charge in [0.15, 0.2) is 11.5 Å². The van der Waals surface area contributed by atoms with Crippen LogP contribution in [0.15, 0.2) is 48.5 Å². The standard InChI is InChI=1S/C24H23NO5S/c1-13(2)30-17-10-9-15(11-18(17)29-3)16-12-19(26)25-21-20(14-7-5-4-6-8-14)23(24(27)28)31-22(16)21/h4-11,13,16H,12H2,1-3H3,(H,25,26)(H,27,28). The van der Waals surface area contributed by atoms with E-state index >= 15 is 0 Å². The van der Waals surface area contributed by atoms with Gasteiger partial charge in [-0.05, 0) is 37.1 Å². The number of benzene rings is 2. The van der Waals surface area contributed by atoms with Gasteiger partial charge in [-0.25, -0.2) is 4.79 Å². The second-order valence-electron chi connectivity index (χ2n) is 7.60. The fourth-order valence-electron chi connectivity index (χ4n) is 3.84. The van der Waals surface area contributed by atoms with Gasteiger partial charge in [-0.1, -0.05) is 36.4 Å². The number of rotatable bonds is 6. The first-order chi connectivity index (χ1) is 14.9. The van der Waals surface area contributed by atoms with Gasteiger partial charge in [-0.3, -0.25) is 4.79 Å². The molecule has 3 aromatic rings. The third kappa shape index (κ3) is 4.01. The summed E-state index contributed by atoms with van der Waals surface area (Å²) in [6.07, 6.45) is 0.226. The lowest BCUT2D eigenvalue weighted by molar-refractivity contribution is -0.116. The van der Waals surface area contributed by atoms with E-state index in [0.717, 1.165) is 16.0 Å². The quantitative estimate of drug-likeness (QED) is 0.541. The van der Waals surface area contributed by atoms with E-state index in [2.05, 4.69) is 5.32 Å². The van der Waals surface area contributed by atoms with Crippen LogP contribution in [-0.2, 0) is 4.79 Å². The molecule has 1 aromatic heterocycles. The topological polar surface area (TPSA) is 84.9 Å². The van der Waals surface area contributed by atoms with Gasteiger partial charge in [0, 0.05) is 22.8 Å². The molecule has 0 bridgehead atoms. The van der Waals surface area contributed by atoms with E-state index < -0.39 is 5.97 Å². The highest BCUT2D eigenvalue weighted by Gasteiger charge is 2.34. The van der Waals surface area contributed by atoms with Crippen LogP contribution in [0.25, 0.3) is 11.1 Å². The van der Waals surface area contributed by atoms with Crippen molar-refractivity contribution in [1.29, 1.82) is 0 Å². The molecule has 1 atom stereocenters. The normalized spacial score (nSPS) is 15.4. The maximum Gasteiger partial charge on any atom is 0.346 e. The Morgan fingerprint density at radius 3 is 2.55 bits per heavy atom. The molecule has 0 saturated carbocycles. The Balaban J connectivity index is 1.85. The summed E-state index contributed by atoms with van der Waals surface area (Å²) in [4.78, 5) is 25.7. The molecule has 0 spiro atoms. The summed E-state index contributed by atoms with van der Waals surface area (Å²) in [7, 11) is 1.58. The second-order valence-corrected chi connectivity index (χ2v) is 8.65. The van der Waals surface area contributed by atoms with Crippen LogP contribution < -0.4 is 14.8 Å². The van der Waals surface area contributed by atoms with E-state index in [1.54, 1.807) is 7.11 Å². The Labute approximate surface area is 184 Å². The van der Waals surface area contributed by atoms with Crippen LogP contribution in [-0.4, -0.2) is 30.2 Å². The summed E-state index contributed by atoms with van der Waals surface area (Å²) >= 11 is 1.21. The van der Waals surface area contributed by atoms with Crippen LogP contribution in [0.4, 0.5) is 5.69 Å². The first-order valence-corrected chi connectivity index (χ1v) is 10.8. The van der Waals surface area contributed by atoms with Crippen LogP contribution in [0.1, 0.15) is 46.3 Å². The Kier molecular flexibility index (Phi) is 5.69. The summed E-state index contributed by atoms with van der Waals surface area (Å²) in [5.41, 5.74) is 2.77. The molecule has 0 saturated heterocycles. The number of nitrogens with one attached hydrogen (secondary N) is 1. The SMILES string of the molecule is COc1cc(C2CC(=O)Nc3c2sc(C(=O)O)c3-c2ccccc2)ccc1OC(C)C.